The molecule has 5 rings (SSSR count). The zero-order valence-electron chi connectivity index (χ0n) is 17.2. The first-order valence-corrected chi connectivity index (χ1v) is 11.6. The molecule has 0 aromatic carbocycles. The van der Waals surface area contributed by atoms with Gasteiger partial charge in [0, 0.05) is 30.9 Å². The summed E-state index contributed by atoms with van der Waals surface area (Å²) in [4.78, 5) is 15.0. The zero-order valence-corrected chi connectivity index (χ0v) is 18.0. The summed E-state index contributed by atoms with van der Waals surface area (Å²) in [5.74, 6) is 1.41. The molecule has 1 aliphatic carbocycles. The van der Waals surface area contributed by atoms with Gasteiger partial charge in [-0.1, -0.05) is 0 Å². The van der Waals surface area contributed by atoms with Crippen molar-refractivity contribution in [3.05, 3.63) is 16.3 Å². The van der Waals surface area contributed by atoms with Crippen molar-refractivity contribution in [2.24, 2.45) is 0 Å². The number of nitrogens with zero attached hydrogens (tertiary/aromatic N) is 3. The molecule has 0 amide bonds. The third kappa shape index (κ3) is 4.27. The zero-order chi connectivity index (χ0) is 19.7. The molecule has 2 aromatic heterocycles. The summed E-state index contributed by atoms with van der Waals surface area (Å²) < 4.78 is 17.0. The molecule has 8 heteroatoms. The Morgan fingerprint density at radius 3 is 2.69 bits per heavy atom. The molecule has 7 nitrogen and oxygen atoms in total. The summed E-state index contributed by atoms with van der Waals surface area (Å²) in [6.07, 6.45) is 5.65. The molecule has 2 fully saturated rings. The fourth-order valence-corrected chi connectivity index (χ4v) is 5.75. The van der Waals surface area contributed by atoms with Gasteiger partial charge < -0.3 is 19.5 Å². The van der Waals surface area contributed by atoms with Crippen LogP contribution in [0.15, 0.2) is 0 Å². The second-order valence-corrected chi connectivity index (χ2v) is 9.36. The highest BCUT2D eigenvalue weighted by atomic mass is 32.1. The summed E-state index contributed by atoms with van der Waals surface area (Å²) in [5.41, 5.74) is 1.47. The lowest BCUT2D eigenvalue weighted by molar-refractivity contribution is -0.144. The van der Waals surface area contributed by atoms with Crippen LogP contribution in [0.5, 0.6) is 0 Å². The Morgan fingerprint density at radius 2 is 1.86 bits per heavy atom. The van der Waals surface area contributed by atoms with Gasteiger partial charge >= 0.3 is 0 Å². The third-order valence-electron chi connectivity index (χ3n) is 6.10. The van der Waals surface area contributed by atoms with Crippen molar-refractivity contribution in [3.8, 4) is 0 Å². The molecule has 2 aliphatic heterocycles. The first-order valence-electron chi connectivity index (χ1n) is 10.8. The van der Waals surface area contributed by atoms with Crippen LogP contribution in [0.25, 0.3) is 10.2 Å². The lowest BCUT2D eigenvalue weighted by atomic mass is 9.97. The van der Waals surface area contributed by atoms with Crippen molar-refractivity contribution in [2.45, 2.75) is 51.4 Å². The lowest BCUT2D eigenvalue weighted by Crippen LogP contribution is -2.36. The quantitative estimate of drug-likeness (QED) is 0.773. The first-order chi connectivity index (χ1) is 14.2. The number of anilines is 1. The number of thiophene rings is 1. The number of aryl methyl sites for hydroxylation is 2. The maximum Gasteiger partial charge on any atom is 0.167 e. The SMILES string of the molecule is CC1(CCNc2nc(CN3CCOCC3)nc3sc4c(c23)CCCC4)OCCO1. The topological polar surface area (TPSA) is 68.7 Å². The van der Waals surface area contributed by atoms with E-state index in [4.69, 9.17) is 24.2 Å². The van der Waals surface area contributed by atoms with E-state index in [1.807, 2.05) is 18.3 Å². The highest BCUT2D eigenvalue weighted by Crippen LogP contribution is 2.39. The minimum absolute atomic E-state index is 0.482. The van der Waals surface area contributed by atoms with E-state index in [1.54, 1.807) is 0 Å². The van der Waals surface area contributed by atoms with Crippen LogP contribution < -0.4 is 5.32 Å². The predicted octanol–water partition coefficient (Wildman–Crippen LogP) is 2.97. The Kier molecular flexibility index (Phi) is 5.71. The van der Waals surface area contributed by atoms with E-state index in [2.05, 4.69) is 10.2 Å². The summed E-state index contributed by atoms with van der Waals surface area (Å²) >= 11 is 1.86. The van der Waals surface area contributed by atoms with Crippen molar-refractivity contribution in [2.75, 3.05) is 51.4 Å². The molecule has 0 atom stereocenters. The highest BCUT2D eigenvalue weighted by Gasteiger charge is 2.30. The van der Waals surface area contributed by atoms with Gasteiger partial charge in [-0.3, -0.25) is 4.90 Å². The van der Waals surface area contributed by atoms with Crippen molar-refractivity contribution < 1.29 is 14.2 Å². The molecule has 0 unspecified atom stereocenters. The number of hydrogen-bond acceptors (Lipinski definition) is 8. The van der Waals surface area contributed by atoms with E-state index in [0.29, 0.717) is 13.2 Å². The maximum atomic E-state index is 5.75. The van der Waals surface area contributed by atoms with Gasteiger partial charge in [-0.15, -0.1) is 11.3 Å². The number of rotatable bonds is 6. The van der Waals surface area contributed by atoms with Gasteiger partial charge in [0.15, 0.2) is 5.79 Å². The largest absolute Gasteiger partial charge is 0.379 e. The first kappa shape index (κ1) is 19.6. The molecule has 0 radical (unpaired) electrons. The molecule has 2 saturated heterocycles. The van der Waals surface area contributed by atoms with Crippen molar-refractivity contribution >= 4 is 27.4 Å². The van der Waals surface area contributed by atoms with E-state index in [9.17, 15) is 0 Å². The number of morpholine rings is 1. The van der Waals surface area contributed by atoms with Crippen LogP contribution in [0.1, 0.15) is 42.5 Å². The average molecular weight is 419 g/mol. The minimum Gasteiger partial charge on any atom is -0.379 e. The number of fused-ring (bicyclic) bond motifs is 3. The molecule has 0 saturated carbocycles. The van der Waals surface area contributed by atoms with Crippen LogP contribution in [-0.2, 0) is 33.6 Å². The van der Waals surface area contributed by atoms with Crippen LogP contribution >= 0.6 is 11.3 Å². The Bertz CT molecular complexity index is 859. The molecule has 29 heavy (non-hydrogen) atoms. The summed E-state index contributed by atoms with van der Waals surface area (Å²) in [6, 6.07) is 0. The van der Waals surface area contributed by atoms with Crippen molar-refractivity contribution in [1.29, 1.82) is 0 Å². The van der Waals surface area contributed by atoms with Gasteiger partial charge in [0.1, 0.15) is 16.5 Å². The second kappa shape index (κ2) is 8.43. The Morgan fingerprint density at radius 1 is 1.07 bits per heavy atom. The molecule has 1 N–H and O–H groups in total. The van der Waals surface area contributed by atoms with Gasteiger partial charge in [0.2, 0.25) is 0 Å². The normalized spacial score (nSPS) is 22.1. The molecule has 158 valence electrons. The Hall–Kier alpha value is -1.32. The second-order valence-electron chi connectivity index (χ2n) is 8.28. The predicted molar refractivity (Wildman–Crippen MR) is 114 cm³/mol. The van der Waals surface area contributed by atoms with Crippen molar-refractivity contribution in [1.82, 2.24) is 14.9 Å². The van der Waals surface area contributed by atoms with E-state index in [-0.39, 0.29) is 0 Å². The van der Waals surface area contributed by atoms with Crippen LogP contribution in [0.3, 0.4) is 0 Å². The van der Waals surface area contributed by atoms with Gasteiger partial charge in [0.05, 0.1) is 38.4 Å². The van der Waals surface area contributed by atoms with Gasteiger partial charge in [-0.25, -0.2) is 9.97 Å². The Balaban J connectivity index is 1.41. The van der Waals surface area contributed by atoms with Gasteiger partial charge in [-0.2, -0.15) is 0 Å². The van der Waals surface area contributed by atoms with Crippen LogP contribution in [0.4, 0.5) is 5.82 Å². The number of hydrogen-bond donors (Lipinski definition) is 1. The average Bonchev–Trinajstić information content (AvgIpc) is 3.32. The van der Waals surface area contributed by atoms with Crippen LogP contribution in [-0.4, -0.2) is 66.7 Å². The number of nitrogens with one attached hydrogen (secondary N) is 1. The molecule has 0 bridgehead atoms. The van der Waals surface area contributed by atoms with E-state index < -0.39 is 5.79 Å². The molecule has 3 aliphatic rings. The summed E-state index contributed by atoms with van der Waals surface area (Å²) in [6.45, 7) is 8.39. The summed E-state index contributed by atoms with van der Waals surface area (Å²) in [7, 11) is 0. The van der Waals surface area contributed by atoms with E-state index in [1.165, 1.54) is 35.1 Å². The number of ether oxygens (including phenoxy) is 3. The maximum absolute atomic E-state index is 5.75. The van der Waals surface area contributed by atoms with Crippen LogP contribution in [0, 0.1) is 0 Å². The Labute approximate surface area is 175 Å². The molecule has 4 heterocycles. The molecular weight excluding hydrogens is 388 g/mol. The molecule has 0 spiro atoms. The summed E-state index contributed by atoms with van der Waals surface area (Å²) in [5, 5.41) is 4.85. The highest BCUT2D eigenvalue weighted by molar-refractivity contribution is 7.19. The minimum atomic E-state index is -0.482. The van der Waals surface area contributed by atoms with Crippen LogP contribution in [0.2, 0.25) is 0 Å². The standard InChI is InChI=1S/C21H30N4O3S/c1-21(27-12-13-28-21)6-7-22-19-18-15-4-2-3-5-16(15)29-20(18)24-17(23-19)14-25-8-10-26-11-9-25/h2-14H2,1H3,(H,22,23,24). The van der Waals surface area contributed by atoms with Crippen molar-refractivity contribution in [3.63, 3.8) is 0 Å². The fraction of sp³-hybridized carbons (Fsp3) is 0.714. The molecular formula is C21H30N4O3S. The third-order valence-corrected chi connectivity index (χ3v) is 7.29. The fourth-order valence-electron chi connectivity index (χ4n) is 4.47. The monoisotopic (exact) mass is 418 g/mol. The lowest BCUT2D eigenvalue weighted by Gasteiger charge is -2.26. The van der Waals surface area contributed by atoms with E-state index >= 15 is 0 Å². The number of aromatic nitrogens is 2. The van der Waals surface area contributed by atoms with Gasteiger partial charge in [-0.05, 0) is 38.2 Å². The molecule has 2 aromatic rings. The smallest absolute Gasteiger partial charge is 0.167 e. The van der Waals surface area contributed by atoms with Gasteiger partial charge in [0.25, 0.3) is 0 Å². The van der Waals surface area contributed by atoms with E-state index in [0.717, 1.165) is 68.7 Å².